The van der Waals surface area contributed by atoms with Crippen molar-refractivity contribution in [3.63, 3.8) is 0 Å². The Morgan fingerprint density at radius 3 is 2.77 bits per heavy atom. The Labute approximate surface area is 78.3 Å². The van der Waals surface area contributed by atoms with Gasteiger partial charge >= 0.3 is 0 Å². The van der Waals surface area contributed by atoms with Gasteiger partial charge in [-0.25, -0.2) is 4.98 Å². The summed E-state index contributed by atoms with van der Waals surface area (Å²) in [6.07, 6.45) is 1.83. The third-order valence-corrected chi connectivity index (χ3v) is 1.86. The van der Waals surface area contributed by atoms with Crippen LogP contribution >= 0.6 is 0 Å². The number of hydrogen-bond donors (Lipinski definition) is 1. The van der Waals surface area contributed by atoms with Gasteiger partial charge in [-0.15, -0.1) is 0 Å². The predicted molar refractivity (Wildman–Crippen MR) is 51.4 cm³/mol. The Balaban J connectivity index is 2.74. The van der Waals surface area contributed by atoms with E-state index in [9.17, 15) is 0 Å². The maximum absolute atomic E-state index is 4.77. The summed E-state index contributed by atoms with van der Waals surface area (Å²) in [7, 11) is 7.52. The van der Waals surface area contributed by atoms with Gasteiger partial charge in [0.1, 0.15) is 0 Å². The summed E-state index contributed by atoms with van der Waals surface area (Å²) >= 11 is 0. The molecule has 0 atom stereocenters. The van der Waals surface area contributed by atoms with E-state index in [0.29, 0.717) is 6.54 Å². The van der Waals surface area contributed by atoms with E-state index in [1.165, 1.54) is 0 Å². The van der Waals surface area contributed by atoms with E-state index in [0.717, 1.165) is 11.6 Å². The van der Waals surface area contributed by atoms with Crippen molar-refractivity contribution < 1.29 is 4.84 Å². The number of hydroxylamine groups is 1. The summed E-state index contributed by atoms with van der Waals surface area (Å²) in [6.45, 7) is 0.661. The lowest BCUT2D eigenvalue weighted by Crippen LogP contribution is -2.17. The van der Waals surface area contributed by atoms with Gasteiger partial charge in [0.25, 0.3) is 0 Å². The lowest BCUT2D eigenvalue weighted by Gasteiger charge is -2.12. The molecule has 5 heteroatoms. The molecule has 0 fully saturated rings. The first kappa shape index (κ1) is 10.0. The van der Waals surface area contributed by atoms with Crippen molar-refractivity contribution in [2.75, 3.05) is 26.1 Å². The maximum atomic E-state index is 4.77. The molecule has 1 N–H and O–H groups in total. The van der Waals surface area contributed by atoms with Crippen LogP contribution in [-0.4, -0.2) is 30.8 Å². The maximum Gasteiger partial charge on any atom is 0.204 e. The van der Waals surface area contributed by atoms with Gasteiger partial charge in [-0.1, -0.05) is 0 Å². The molecule has 1 heterocycles. The van der Waals surface area contributed by atoms with E-state index in [-0.39, 0.29) is 0 Å². The van der Waals surface area contributed by atoms with Crippen molar-refractivity contribution in [3.05, 3.63) is 11.9 Å². The van der Waals surface area contributed by atoms with Gasteiger partial charge < -0.3 is 14.3 Å². The van der Waals surface area contributed by atoms with Crippen LogP contribution in [0.5, 0.6) is 0 Å². The van der Waals surface area contributed by atoms with Crippen LogP contribution in [0.2, 0.25) is 0 Å². The molecule has 0 aliphatic carbocycles. The van der Waals surface area contributed by atoms with Crippen molar-refractivity contribution in [1.29, 1.82) is 0 Å². The number of aromatic nitrogens is 2. The third-order valence-electron chi connectivity index (χ3n) is 1.86. The predicted octanol–water partition coefficient (Wildman–Crippen LogP) is 0.137. The third kappa shape index (κ3) is 2.19. The van der Waals surface area contributed by atoms with Gasteiger partial charge in [0, 0.05) is 21.1 Å². The molecule has 1 aromatic heterocycles. The van der Waals surface area contributed by atoms with Crippen LogP contribution < -0.4 is 10.4 Å². The van der Waals surface area contributed by atoms with Gasteiger partial charge in [0.05, 0.1) is 25.5 Å². The second-order valence-corrected chi connectivity index (χ2v) is 3.03. The summed E-state index contributed by atoms with van der Waals surface area (Å²) < 4.78 is 2.02. The molecule has 0 aromatic carbocycles. The minimum atomic E-state index is 0.661. The lowest BCUT2D eigenvalue weighted by molar-refractivity contribution is 0.0852. The highest BCUT2D eigenvalue weighted by molar-refractivity contribution is 5.30. The molecule has 0 saturated carbocycles. The monoisotopic (exact) mass is 184 g/mol. The number of hydrogen-bond acceptors (Lipinski definition) is 4. The highest BCUT2D eigenvalue weighted by Gasteiger charge is 2.06. The van der Waals surface area contributed by atoms with Crippen LogP contribution in [0.4, 0.5) is 5.95 Å². The molecule has 0 saturated heterocycles. The summed E-state index contributed by atoms with van der Waals surface area (Å²) in [6, 6.07) is 0. The average Bonchev–Trinajstić information content (AvgIpc) is 2.43. The van der Waals surface area contributed by atoms with Crippen LogP contribution in [0.25, 0.3) is 0 Å². The van der Waals surface area contributed by atoms with Crippen LogP contribution in [0.15, 0.2) is 6.20 Å². The van der Waals surface area contributed by atoms with Crippen molar-refractivity contribution >= 4 is 5.95 Å². The lowest BCUT2D eigenvalue weighted by atomic mass is 10.5. The molecule has 13 heavy (non-hydrogen) atoms. The Hall–Kier alpha value is -1.07. The summed E-state index contributed by atoms with van der Waals surface area (Å²) in [5, 5.41) is 0. The zero-order valence-electron chi connectivity index (χ0n) is 8.53. The molecule has 0 aliphatic rings. The zero-order valence-corrected chi connectivity index (χ0v) is 8.53. The van der Waals surface area contributed by atoms with Crippen LogP contribution in [-0.2, 0) is 18.4 Å². The molecule has 0 bridgehead atoms. The molecule has 0 radical (unpaired) electrons. The Morgan fingerprint density at radius 2 is 2.31 bits per heavy atom. The molecule has 1 rings (SSSR count). The normalized spacial score (nSPS) is 10.5. The zero-order chi connectivity index (χ0) is 9.84. The molecule has 5 nitrogen and oxygen atoms in total. The van der Waals surface area contributed by atoms with Gasteiger partial charge in [-0.05, 0) is 0 Å². The molecule has 74 valence electrons. The quantitative estimate of drug-likeness (QED) is 0.676. The fourth-order valence-electron chi connectivity index (χ4n) is 1.16. The van der Waals surface area contributed by atoms with Gasteiger partial charge in [0.15, 0.2) is 0 Å². The average molecular weight is 184 g/mol. The Morgan fingerprint density at radius 1 is 1.62 bits per heavy atom. The highest BCUT2D eigenvalue weighted by Crippen LogP contribution is 2.10. The van der Waals surface area contributed by atoms with Gasteiger partial charge in [0.2, 0.25) is 5.95 Å². The SMILES string of the molecule is CONCc1cnc(N(C)C)n1C. The van der Waals surface area contributed by atoms with Crippen LogP contribution in [0, 0.1) is 0 Å². The first-order valence-corrected chi connectivity index (χ1v) is 4.10. The van der Waals surface area contributed by atoms with Gasteiger partial charge in [-0.2, -0.15) is 5.48 Å². The molecular weight excluding hydrogens is 168 g/mol. The van der Waals surface area contributed by atoms with Crippen molar-refractivity contribution in [1.82, 2.24) is 15.0 Å². The largest absolute Gasteiger partial charge is 0.348 e. The standard InChI is InChI=1S/C8H16N4O/c1-11(2)8-9-5-7(12(8)3)6-10-13-4/h5,10H,6H2,1-4H3. The minimum Gasteiger partial charge on any atom is -0.348 e. The Bertz CT molecular complexity index is 269. The van der Waals surface area contributed by atoms with E-state index < -0.39 is 0 Å². The summed E-state index contributed by atoms with van der Waals surface area (Å²) in [5.74, 6) is 0.938. The van der Waals surface area contributed by atoms with Crippen LogP contribution in [0.1, 0.15) is 5.69 Å². The van der Waals surface area contributed by atoms with Crippen molar-refractivity contribution in [2.45, 2.75) is 6.54 Å². The summed E-state index contributed by atoms with van der Waals surface area (Å²) in [4.78, 5) is 11.0. The molecule has 0 spiro atoms. The van der Waals surface area contributed by atoms with Crippen molar-refractivity contribution in [3.8, 4) is 0 Å². The molecule has 1 aromatic rings. The molecule has 0 unspecified atom stereocenters. The molecule has 0 amide bonds. The first-order valence-electron chi connectivity index (χ1n) is 4.10. The van der Waals surface area contributed by atoms with Crippen LogP contribution in [0.3, 0.4) is 0 Å². The fourth-order valence-corrected chi connectivity index (χ4v) is 1.16. The fraction of sp³-hybridized carbons (Fsp3) is 0.625. The topological polar surface area (TPSA) is 42.3 Å². The van der Waals surface area contributed by atoms with E-state index in [1.807, 2.05) is 36.8 Å². The van der Waals surface area contributed by atoms with E-state index in [4.69, 9.17) is 4.84 Å². The number of nitrogens with zero attached hydrogens (tertiary/aromatic N) is 3. The van der Waals surface area contributed by atoms with E-state index >= 15 is 0 Å². The van der Waals surface area contributed by atoms with Crippen molar-refractivity contribution in [2.24, 2.45) is 7.05 Å². The van der Waals surface area contributed by atoms with Gasteiger partial charge in [-0.3, -0.25) is 0 Å². The minimum absolute atomic E-state index is 0.661. The number of imidazole rings is 1. The Kier molecular flexibility index (Phi) is 3.27. The summed E-state index contributed by atoms with van der Waals surface area (Å²) in [5.41, 5.74) is 3.87. The van der Waals surface area contributed by atoms with E-state index in [2.05, 4.69) is 10.5 Å². The second-order valence-electron chi connectivity index (χ2n) is 3.03. The highest BCUT2D eigenvalue weighted by atomic mass is 16.6. The first-order chi connectivity index (χ1) is 6.16. The number of anilines is 1. The molecule has 0 aliphatic heterocycles. The number of rotatable bonds is 4. The van der Waals surface area contributed by atoms with E-state index in [1.54, 1.807) is 7.11 Å². The smallest absolute Gasteiger partial charge is 0.204 e. The number of nitrogens with one attached hydrogen (secondary N) is 1. The molecular formula is C8H16N4O. The second kappa shape index (κ2) is 4.25.